The Labute approximate surface area is 213 Å². The van der Waals surface area contributed by atoms with Crippen molar-refractivity contribution >= 4 is 52.1 Å². The summed E-state index contributed by atoms with van der Waals surface area (Å²) in [6.45, 7) is 1.86. The van der Waals surface area contributed by atoms with Gasteiger partial charge in [0.2, 0.25) is 0 Å². The van der Waals surface area contributed by atoms with Gasteiger partial charge in [0.15, 0.2) is 5.65 Å². The molecular weight excluding hydrogens is 485 g/mol. The summed E-state index contributed by atoms with van der Waals surface area (Å²) in [6, 6.07) is 16.4. The summed E-state index contributed by atoms with van der Waals surface area (Å²) < 4.78 is 2.12. The number of halogens is 2. The van der Waals surface area contributed by atoms with Crippen LogP contribution in [0.4, 0.5) is 11.5 Å². The average molecular weight is 510 g/mol. The fourth-order valence-corrected chi connectivity index (χ4v) is 7.02. The van der Waals surface area contributed by atoms with Gasteiger partial charge in [-0.2, -0.15) is 0 Å². The molecule has 0 bridgehead atoms. The molecule has 6 rings (SSSR count). The number of anilines is 2. The molecule has 0 amide bonds. The lowest BCUT2D eigenvalue weighted by atomic mass is 9.73. The zero-order valence-electron chi connectivity index (χ0n) is 18.5. The number of aromatic nitrogens is 2. The van der Waals surface area contributed by atoms with Crippen LogP contribution < -0.4 is 16.4 Å². The SMILES string of the molecule is Nc1cc(N2CCC3(CC2)Cc2ccccc2[C@H]3N)n2ccnc2c1Sc1cccc(Cl)c1Cl. The zero-order chi connectivity index (χ0) is 23.4. The van der Waals surface area contributed by atoms with E-state index in [4.69, 9.17) is 34.7 Å². The molecule has 1 spiro atoms. The molecule has 5 nitrogen and oxygen atoms in total. The molecule has 34 heavy (non-hydrogen) atoms. The van der Waals surface area contributed by atoms with E-state index in [1.807, 2.05) is 24.5 Å². The van der Waals surface area contributed by atoms with Crippen molar-refractivity contribution in [3.8, 4) is 0 Å². The Bertz CT molecular complexity index is 1390. The van der Waals surface area contributed by atoms with Gasteiger partial charge in [-0.3, -0.25) is 4.40 Å². The fraction of sp³-hybridized carbons (Fsp3) is 0.269. The molecule has 4 aromatic rings. The van der Waals surface area contributed by atoms with E-state index in [-0.39, 0.29) is 11.5 Å². The molecule has 2 aromatic heterocycles. The molecular formula is C26H25Cl2N5S. The first kappa shape index (κ1) is 22.1. The summed E-state index contributed by atoms with van der Waals surface area (Å²) in [6.07, 6.45) is 6.98. The maximum Gasteiger partial charge on any atom is 0.154 e. The van der Waals surface area contributed by atoms with Crippen LogP contribution in [0.2, 0.25) is 10.0 Å². The van der Waals surface area contributed by atoms with Gasteiger partial charge in [0.1, 0.15) is 5.82 Å². The molecule has 2 aliphatic rings. The Morgan fingerprint density at radius 3 is 2.65 bits per heavy atom. The van der Waals surface area contributed by atoms with Gasteiger partial charge in [0.05, 0.1) is 20.6 Å². The van der Waals surface area contributed by atoms with E-state index in [2.05, 4.69) is 44.6 Å². The highest BCUT2D eigenvalue weighted by Crippen LogP contribution is 2.51. The van der Waals surface area contributed by atoms with Gasteiger partial charge in [0, 0.05) is 42.5 Å². The normalized spacial score (nSPS) is 19.1. The molecule has 2 aromatic carbocycles. The van der Waals surface area contributed by atoms with Crippen LogP contribution >= 0.6 is 35.0 Å². The van der Waals surface area contributed by atoms with E-state index in [0.29, 0.717) is 15.7 Å². The number of rotatable bonds is 3. The molecule has 1 fully saturated rings. The number of imidazole rings is 1. The van der Waals surface area contributed by atoms with Crippen molar-refractivity contribution in [3.05, 3.63) is 82.1 Å². The summed E-state index contributed by atoms with van der Waals surface area (Å²) in [7, 11) is 0. The standard InChI is InChI=1S/C26H25Cl2N5S/c27-18-6-3-7-20(22(18)28)34-23-19(29)14-21(33-13-10-31-25(23)33)32-11-8-26(9-12-32)15-16-4-1-2-5-17(16)24(26)30/h1-7,10,13-14,24H,8-9,11-12,15,29-30H2/t24-/m1/s1. The van der Waals surface area contributed by atoms with Crippen LogP contribution in [0.3, 0.4) is 0 Å². The molecule has 174 valence electrons. The van der Waals surface area contributed by atoms with Crippen LogP contribution in [0.15, 0.2) is 70.7 Å². The monoisotopic (exact) mass is 509 g/mol. The number of pyridine rings is 1. The first-order chi connectivity index (χ1) is 16.5. The molecule has 8 heteroatoms. The second-order valence-electron chi connectivity index (χ2n) is 9.26. The summed E-state index contributed by atoms with van der Waals surface area (Å²) in [5, 5.41) is 1.05. The largest absolute Gasteiger partial charge is 0.398 e. The van der Waals surface area contributed by atoms with Crippen molar-refractivity contribution in [2.75, 3.05) is 23.7 Å². The van der Waals surface area contributed by atoms with Gasteiger partial charge in [-0.25, -0.2) is 4.98 Å². The second-order valence-corrected chi connectivity index (χ2v) is 11.1. The van der Waals surface area contributed by atoms with Crippen molar-refractivity contribution in [2.24, 2.45) is 11.1 Å². The Balaban J connectivity index is 1.29. The maximum absolute atomic E-state index is 6.78. The Kier molecular flexibility index (Phi) is 5.45. The van der Waals surface area contributed by atoms with Gasteiger partial charge in [-0.15, -0.1) is 0 Å². The lowest BCUT2D eigenvalue weighted by Crippen LogP contribution is -2.44. The number of nitrogens with zero attached hydrogens (tertiary/aromatic N) is 3. The topological polar surface area (TPSA) is 72.6 Å². The van der Waals surface area contributed by atoms with E-state index >= 15 is 0 Å². The smallest absolute Gasteiger partial charge is 0.154 e. The molecule has 1 aliphatic heterocycles. The predicted molar refractivity (Wildman–Crippen MR) is 141 cm³/mol. The third-order valence-corrected chi connectivity index (χ3v) is 9.55. The molecule has 0 saturated carbocycles. The van der Waals surface area contributed by atoms with Gasteiger partial charge in [0.25, 0.3) is 0 Å². The lowest BCUT2D eigenvalue weighted by Gasteiger charge is -2.43. The first-order valence-corrected chi connectivity index (χ1v) is 13.0. The van der Waals surface area contributed by atoms with Crippen LogP contribution in [0.5, 0.6) is 0 Å². The predicted octanol–water partition coefficient (Wildman–Crippen LogP) is 6.22. The zero-order valence-corrected chi connectivity index (χ0v) is 20.9. The lowest BCUT2D eigenvalue weighted by molar-refractivity contribution is 0.187. The third-order valence-electron chi connectivity index (χ3n) is 7.44. The maximum atomic E-state index is 6.78. The number of piperidine rings is 1. The Hall–Kier alpha value is -2.38. The fourth-order valence-electron chi connectivity index (χ4n) is 5.57. The van der Waals surface area contributed by atoms with E-state index in [1.54, 1.807) is 6.07 Å². The van der Waals surface area contributed by atoms with Crippen LogP contribution in [-0.2, 0) is 6.42 Å². The van der Waals surface area contributed by atoms with Gasteiger partial charge in [-0.1, -0.05) is 65.3 Å². The Morgan fingerprint density at radius 1 is 1.06 bits per heavy atom. The molecule has 4 N–H and O–H groups in total. The molecule has 0 radical (unpaired) electrons. The molecule has 1 atom stereocenters. The van der Waals surface area contributed by atoms with Gasteiger partial charge in [-0.05, 0) is 47.9 Å². The molecule has 0 unspecified atom stereocenters. The van der Waals surface area contributed by atoms with Crippen LogP contribution in [0.25, 0.3) is 5.65 Å². The Morgan fingerprint density at radius 2 is 1.85 bits per heavy atom. The van der Waals surface area contributed by atoms with Crippen LogP contribution in [-0.4, -0.2) is 22.5 Å². The highest BCUT2D eigenvalue weighted by Gasteiger charge is 2.46. The number of nitrogen functional groups attached to an aromatic ring is 1. The van der Waals surface area contributed by atoms with Crippen LogP contribution in [0.1, 0.15) is 30.0 Å². The average Bonchev–Trinajstić information content (AvgIpc) is 3.43. The first-order valence-electron chi connectivity index (χ1n) is 11.4. The highest BCUT2D eigenvalue weighted by atomic mass is 35.5. The quantitative estimate of drug-likeness (QED) is 0.343. The number of fused-ring (bicyclic) bond motifs is 2. The summed E-state index contributed by atoms with van der Waals surface area (Å²) >= 11 is 14.2. The van der Waals surface area contributed by atoms with Gasteiger partial charge < -0.3 is 16.4 Å². The molecule has 1 aliphatic carbocycles. The van der Waals surface area contributed by atoms with Crippen molar-refractivity contribution in [1.82, 2.24) is 9.38 Å². The summed E-state index contributed by atoms with van der Waals surface area (Å²) in [5.74, 6) is 1.06. The highest BCUT2D eigenvalue weighted by molar-refractivity contribution is 7.99. The minimum Gasteiger partial charge on any atom is -0.398 e. The number of nitrogens with two attached hydrogens (primary N) is 2. The van der Waals surface area contributed by atoms with Crippen molar-refractivity contribution in [1.29, 1.82) is 0 Å². The summed E-state index contributed by atoms with van der Waals surface area (Å²) in [4.78, 5) is 8.77. The van der Waals surface area contributed by atoms with E-state index in [1.165, 1.54) is 22.9 Å². The third kappa shape index (κ3) is 3.47. The second kappa shape index (κ2) is 8.38. The van der Waals surface area contributed by atoms with E-state index in [0.717, 1.165) is 53.6 Å². The molecule has 1 saturated heterocycles. The number of benzene rings is 2. The summed E-state index contributed by atoms with van der Waals surface area (Å²) in [5.41, 5.74) is 17.7. The van der Waals surface area contributed by atoms with Crippen molar-refractivity contribution in [2.45, 2.75) is 35.1 Å². The minimum absolute atomic E-state index is 0.102. The number of hydrogen-bond donors (Lipinski definition) is 2. The van der Waals surface area contributed by atoms with Crippen molar-refractivity contribution < 1.29 is 0 Å². The molecule has 3 heterocycles. The number of hydrogen-bond acceptors (Lipinski definition) is 5. The van der Waals surface area contributed by atoms with E-state index < -0.39 is 0 Å². The minimum atomic E-state index is 0.102. The van der Waals surface area contributed by atoms with Crippen LogP contribution in [0, 0.1) is 5.41 Å². The van der Waals surface area contributed by atoms with E-state index in [9.17, 15) is 0 Å². The van der Waals surface area contributed by atoms with Crippen molar-refractivity contribution in [3.63, 3.8) is 0 Å². The van der Waals surface area contributed by atoms with Gasteiger partial charge >= 0.3 is 0 Å².